The molecule has 498 valence electrons. The molecule has 12 heterocycles. The number of pyridine rings is 6. The van der Waals surface area contributed by atoms with Crippen LogP contribution in [0.4, 0.5) is 0 Å². The van der Waals surface area contributed by atoms with Crippen molar-refractivity contribution in [2.75, 3.05) is 42.3 Å². The van der Waals surface area contributed by atoms with Gasteiger partial charge in [-0.2, -0.15) is 0 Å². The van der Waals surface area contributed by atoms with Crippen molar-refractivity contribution in [1.29, 1.82) is 0 Å². The number of hydrazine groups is 3. The first-order valence-electron chi connectivity index (χ1n) is 30.6. The van der Waals surface area contributed by atoms with Crippen molar-refractivity contribution in [2.24, 2.45) is 0 Å². The van der Waals surface area contributed by atoms with E-state index in [9.17, 15) is 0 Å². The largest absolute Gasteiger partial charge is 2.00 e. The Morgan fingerprint density at radius 3 is 0.613 bits per heavy atom. The molecule has 0 saturated heterocycles. The molecule has 0 unspecified atom stereocenters. The van der Waals surface area contributed by atoms with E-state index in [1.165, 1.54) is 52.1 Å². The molecule has 9 aromatic rings. The number of hydrogen-bond acceptors (Lipinski definition) is 18. The summed E-state index contributed by atoms with van der Waals surface area (Å²) in [6.07, 6.45) is 38.6. The molecule has 6 aliphatic rings. The van der Waals surface area contributed by atoms with Gasteiger partial charge < -0.3 is 59.5 Å². The Labute approximate surface area is 596 Å². The molecule has 15 rings (SSSR count). The molecule has 3 aromatic carbocycles. The van der Waals surface area contributed by atoms with Gasteiger partial charge in [-0.25, -0.2) is 0 Å². The Balaban J connectivity index is 0.000000231. The van der Waals surface area contributed by atoms with Crippen molar-refractivity contribution >= 4 is 65.4 Å². The zero-order valence-corrected chi connectivity index (χ0v) is 63.0. The van der Waals surface area contributed by atoms with Gasteiger partial charge in [-0.1, -0.05) is 97.2 Å². The summed E-state index contributed by atoms with van der Waals surface area (Å²) in [4.78, 5) is 38.4. The van der Waals surface area contributed by atoms with Gasteiger partial charge in [0.2, 0.25) is 0 Å². The van der Waals surface area contributed by atoms with Crippen LogP contribution in [-0.2, 0) is 63.2 Å². The standard InChI is InChI=1S/3C13H10N2.3C8H12N4.3C3H8.3Pt/c3*1-9-8-10-4-2-6-14-12(10)13-11(9)5-3-7-15-13;3*1-9-3-5-11(7-9)12-6-4-10(2)8-12;3*1-3-2;;;/h3*2-8H,1H3;3*3-8H,1-2H3;3*3H2,1-2H3;;;/q;;;3*-2;;;;3*+2. The fraction of sp³-hybridized carbons (Fsp3) is 0.250. The Morgan fingerprint density at radius 1 is 0.269 bits per heavy atom. The summed E-state index contributed by atoms with van der Waals surface area (Å²) in [6.45, 7) is 31.1. The maximum Gasteiger partial charge on any atom is 2.00 e. The van der Waals surface area contributed by atoms with E-state index in [0.29, 0.717) is 0 Å². The van der Waals surface area contributed by atoms with Crippen molar-refractivity contribution in [3.63, 3.8) is 0 Å². The van der Waals surface area contributed by atoms with E-state index < -0.39 is 0 Å². The first kappa shape index (κ1) is 77.7. The van der Waals surface area contributed by atoms with Gasteiger partial charge in [-0.15, -0.1) is 40.0 Å². The molecule has 0 fully saturated rings. The third kappa shape index (κ3) is 22.2. The molecule has 21 heteroatoms. The maximum atomic E-state index is 4.41. The van der Waals surface area contributed by atoms with Gasteiger partial charge in [0.05, 0.1) is 33.1 Å². The fourth-order valence-electron chi connectivity index (χ4n) is 9.31. The van der Waals surface area contributed by atoms with Gasteiger partial charge in [-0.3, -0.25) is 29.9 Å². The smallest absolute Gasteiger partial charge is 0.509 e. The van der Waals surface area contributed by atoms with Gasteiger partial charge in [0.25, 0.3) is 0 Å². The molecule has 93 heavy (non-hydrogen) atoms. The Kier molecular flexibility index (Phi) is 33.2. The van der Waals surface area contributed by atoms with Crippen LogP contribution in [-0.4, -0.2) is 132 Å². The molecule has 0 amide bonds. The number of benzene rings is 3. The number of rotatable bonds is 3. The summed E-state index contributed by atoms with van der Waals surface area (Å²) in [5.41, 5.74) is 9.68. The number of aromatic nitrogens is 6. The average molecular weight is 1790 g/mol. The summed E-state index contributed by atoms with van der Waals surface area (Å²) in [5, 5.41) is 19.0. The molecule has 0 saturated carbocycles. The van der Waals surface area contributed by atoms with Crippen LogP contribution < -0.4 is 0 Å². The SMILES string of the molecule is CCC.CCC.CCC.CN1C=CN(N2C=CN(C)[CH-]2)[CH-]1.CN1C=CN(N2C=CN(C)[CH-]2)[CH-]1.CN1C=CN(N2C=CN(C)[CH-]2)[CH-]1.Cc1cc2cccnc2c2ncccc12.Cc1cc2cccnc2c2ncccc12.Cc1cc2cccnc2c2ncccc12.[Pt+2].[Pt+2].[Pt+2]. The van der Waals surface area contributed by atoms with E-state index in [-0.39, 0.29) is 63.2 Å². The number of fused-ring (bicyclic) bond motifs is 9. The second-order valence-electron chi connectivity index (χ2n) is 21.9. The number of hydrogen-bond donors (Lipinski definition) is 0. The van der Waals surface area contributed by atoms with Crippen LogP contribution in [0.1, 0.15) is 77.5 Å². The summed E-state index contributed by atoms with van der Waals surface area (Å²) in [5.74, 6) is 0. The third-order valence-corrected chi connectivity index (χ3v) is 13.3. The van der Waals surface area contributed by atoms with Crippen molar-refractivity contribution in [2.45, 2.75) is 81.6 Å². The number of aryl methyl sites for hydroxylation is 3. The van der Waals surface area contributed by atoms with Crippen LogP contribution in [0, 0.1) is 60.8 Å². The summed E-state index contributed by atoms with van der Waals surface area (Å²) in [6, 6.07) is 30.7. The van der Waals surface area contributed by atoms with E-state index in [0.717, 1.165) is 49.3 Å². The van der Waals surface area contributed by atoms with Crippen molar-refractivity contribution in [1.82, 2.24) is 89.4 Å². The predicted octanol–water partition coefficient (Wildman–Crippen LogP) is 15.2. The van der Waals surface area contributed by atoms with E-state index in [4.69, 9.17) is 0 Å². The van der Waals surface area contributed by atoms with Crippen LogP contribution in [0.3, 0.4) is 0 Å². The minimum atomic E-state index is 0. The third-order valence-electron chi connectivity index (χ3n) is 13.3. The molecular weight excluding hydrogens is 1700 g/mol. The van der Waals surface area contributed by atoms with Gasteiger partial charge >= 0.3 is 63.2 Å². The van der Waals surface area contributed by atoms with Gasteiger partial charge in [0.1, 0.15) is 0 Å². The molecule has 0 spiro atoms. The van der Waals surface area contributed by atoms with Crippen molar-refractivity contribution in [3.8, 4) is 0 Å². The van der Waals surface area contributed by atoms with Gasteiger partial charge in [-0.05, 0) is 172 Å². The molecule has 0 aliphatic carbocycles. The normalized spacial score (nSPS) is 14.4. The van der Waals surface area contributed by atoms with Gasteiger partial charge in [0, 0.05) is 107 Å². The van der Waals surface area contributed by atoms with Crippen LogP contribution in [0.2, 0.25) is 0 Å². The number of nitrogens with zero attached hydrogens (tertiary/aromatic N) is 18. The summed E-state index contributed by atoms with van der Waals surface area (Å²) in [7, 11) is 12.0. The molecule has 0 atom stereocenters. The van der Waals surface area contributed by atoms with E-state index >= 15 is 0 Å². The van der Waals surface area contributed by atoms with Crippen LogP contribution in [0.5, 0.6) is 0 Å². The van der Waals surface area contributed by atoms with Crippen molar-refractivity contribution in [3.05, 3.63) is 259 Å². The molecule has 6 aliphatic heterocycles. The van der Waals surface area contributed by atoms with Crippen LogP contribution >= 0.6 is 0 Å². The minimum Gasteiger partial charge on any atom is -0.509 e. The summed E-state index contributed by atoms with van der Waals surface area (Å²) < 4.78 is 0. The Morgan fingerprint density at radius 2 is 0.441 bits per heavy atom. The maximum absolute atomic E-state index is 4.41. The fourth-order valence-corrected chi connectivity index (χ4v) is 9.31. The second kappa shape index (κ2) is 39.7. The van der Waals surface area contributed by atoms with Crippen molar-refractivity contribution < 1.29 is 63.2 Å². The zero-order chi connectivity index (χ0) is 64.5. The van der Waals surface area contributed by atoms with E-state index in [2.05, 4.69) is 147 Å². The van der Waals surface area contributed by atoms with Gasteiger partial charge in [0.15, 0.2) is 0 Å². The van der Waals surface area contributed by atoms with E-state index in [1.807, 2.05) is 290 Å². The zero-order valence-electron chi connectivity index (χ0n) is 56.1. The molecule has 0 radical (unpaired) electrons. The minimum absolute atomic E-state index is 0. The molecular formula is C72H90N18Pt3. The Bertz CT molecular complexity index is 3430. The van der Waals surface area contributed by atoms with Crippen LogP contribution in [0.25, 0.3) is 65.4 Å². The average Bonchev–Trinajstić information content (AvgIpc) is 1.50. The summed E-state index contributed by atoms with van der Waals surface area (Å²) >= 11 is 0. The molecule has 6 aromatic heterocycles. The Hall–Kier alpha value is -7.78. The monoisotopic (exact) mass is 1790 g/mol. The van der Waals surface area contributed by atoms with E-state index in [1.54, 1.807) is 0 Å². The first-order chi connectivity index (χ1) is 43.6. The quantitative estimate of drug-likeness (QED) is 0.123. The predicted molar refractivity (Wildman–Crippen MR) is 371 cm³/mol. The molecule has 0 N–H and O–H groups in total. The topological polar surface area (TPSA) is 116 Å². The first-order valence-corrected chi connectivity index (χ1v) is 30.6. The molecule has 0 bridgehead atoms. The molecule has 18 nitrogen and oxygen atoms in total. The second-order valence-corrected chi connectivity index (χ2v) is 21.9. The van der Waals surface area contributed by atoms with Crippen LogP contribution in [0.15, 0.2) is 203 Å².